The summed E-state index contributed by atoms with van der Waals surface area (Å²) in [5.41, 5.74) is 8.96. The molecule has 3 heterocycles. The van der Waals surface area contributed by atoms with Gasteiger partial charge in [0.15, 0.2) is 0 Å². The lowest BCUT2D eigenvalue weighted by molar-refractivity contribution is 0.0741. The van der Waals surface area contributed by atoms with Gasteiger partial charge in [0.2, 0.25) is 0 Å². The van der Waals surface area contributed by atoms with Crippen molar-refractivity contribution < 1.29 is 9.53 Å². The first-order valence-electron chi connectivity index (χ1n) is 7.78. The molecule has 1 aliphatic rings. The van der Waals surface area contributed by atoms with Gasteiger partial charge in [0, 0.05) is 30.6 Å². The largest absolute Gasteiger partial charge is 0.422 e. The van der Waals surface area contributed by atoms with Crippen LogP contribution in [0, 0.1) is 0 Å². The van der Waals surface area contributed by atoms with Gasteiger partial charge >= 0.3 is 5.97 Å². The van der Waals surface area contributed by atoms with Gasteiger partial charge in [-0.15, -0.1) is 11.3 Å². The maximum Gasteiger partial charge on any atom is 0.355 e. The van der Waals surface area contributed by atoms with Crippen molar-refractivity contribution in [1.82, 2.24) is 9.88 Å². The third kappa shape index (κ3) is 2.64. The number of carbonyl (C=O) groups is 1. The van der Waals surface area contributed by atoms with Crippen molar-refractivity contribution in [3.05, 3.63) is 52.5 Å². The molecule has 4 rings (SSSR count). The normalized spacial score (nSPS) is 14.5. The van der Waals surface area contributed by atoms with E-state index in [0.717, 1.165) is 35.4 Å². The molecule has 5 nitrogen and oxygen atoms in total. The molecule has 0 bridgehead atoms. The number of ether oxygens (including phenoxy) is 1. The highest BCUT2D eigenvalue weighted by Gasteiger charge is 2.22. The number of nitrogen functional groups attached to an aromatic ring is 1. The van der Waals surface area contributed by atoms with Crippen LogP contribution in [-0.2, 0) is 13.0 Å². The zero-order valence-corrected chi connectivity index (χ0v) is 14.1. The fourth-order valence-electron chi connectivity index (χ4n) is 2.93. The third-order valence-corrected chi connectivity index (χ3v) is 5.29. The van der Waals surface area contributed by atoms with Gasteiger partial charge in [0.1, 0.15) is 15.5 Å². The SMILES string of the molecule is CN1CCc2nc3sc(C(=O)Oc4ccccc4)c(N)c3cc2C1. The number of rotatable bonds is 2. The van der Waals surface area contributed by atoms with E-state index in [1.165, 1.54) is 16.9 Å². The number of fused-ring (bicyclic) bond motifs is 2. The highest BCUT2D eigenvalue weighted by molar-refractivity contribution is 7.21. The summed E-state index contributed by atoms with van der Waals surface area (Å²) < 4.78 is 5.41. The van der Waals surface area contributed by atoms with Crippen molar-refractivity contribution in [2.75, 3.05) is 19.3 Å². The van der Waals surface area contributed by atoms with Crippen LogP contribution in [0.25, 0.3) is 10.2 Å². The Bertz CT molecular complexity index is 921. The Labute approximate surface area is 143 Å². The number of hydrogen-bond donors (Lipinski definition) is 1. The predicted molar refractivity (Wildman–Crippen MR) is 95.5 cm³/mol. The number of carbonyl (C=O) groups excluding carboxylic acids is 1. The molecule has 0 amide bonds. The van der Waals surface area contributed by atoms with Crippen LogP contribution in [0.2, 0.25) is 0 Å². The predicted octanol–water partition coefficient (Wildman–Crippen LogP) is 3.09. The molecule has 1 aromatic carbocycles. The van der Waals surface area contributed by atoms with E-state index in [9.17, 15) is 4.79 Å². The average molecular weight is 339 g/mol. The summed E-state index contributed by atoms with van der Waals surface area (Å²) in [6.45, 7) is 1.85. The molecule has 122 valence electrons. The Balaban J connectivity index is 1.71. The lowest BCUT2D eigenvalue weighted by atomic mass is 10.0. The Kier molecular flexibility index (Phi) is 3.70. The van der Waals surface area contributed by atoms with Gasteiger partial charge in [-0.3, -0.25) is 0 Å². The molecule has 0 saturated carbocycles. The average Bonchev–Trinajstić information content (AvgIpc) is 2.90. The summed E-state index contributed by atoms with van der Waals surface area (Å²) in [6, 6.07) is 11.1. The number of hydrogen-bond acceptors (Lipinski definition) is 6. The van der Waals surface area contributed by atoms with E-state index in [0.29, 0.717) is 16.3 Å². The van der Waals surface area contributed by atoms with Crippen molar-refractivity contribution in [3.63, 3.8) is 0 Å². The Morgan fingerprint density at radius 1 is 1.33 bits per heavy atom. The van der Waals surface area contributed by atoms with Crippen LogP contribution in [0.1, 0.15) is 20.9 Å². The highest BCUT2D eigenvalue weighted by Crippen LogP contribution is 2.35. The molecule has 0 atom stereocenters. The van der Waals surface area contributed by atoms with E-state index in [1.54, 1.807) is 12.1 Å². The fourth-order valence-corrected chi connectivity index (χ4v) is 3.91. The monoisotopic (exact) mass is 339 g/mol. The van der Waals surface area contributed by atoms with Gasteiger partial charge in [0.25, 0.3) is 0 Å². The number of thiophene rings is 1. The van der Waals surface area contributed by atoms with Crippen LogP contribution < -0.4 is 10.5 Å². The van der Waals surface area contributed by atoms with E-state index in [-0.39, 0.29) is 0 Å². The first-order valence-corrected chi connectivity index (χ1v) is 8.60. The molecule has 0 saturated heterocycles. The highest BCUT2D eigenvalue weighted by atomic mass is 32.1. The van der Waals surface area contributed by atoms with Crippen molar-refractivity contribution in [2.24, 2.45) is 0 Å². The van der Waals surface area contributed by atoms with E-state index in [4.69, 9.17) is 15.5 Å². The molecule has 6 heteroatoms. The summed E-state index contributed by atoms with van der Waals surface area (Å²) in [4.78, 5) is 20.6. The van der Waals surface area contributed by atoms with Crippen LogP contribution in [-0.4, -0.2) is 29.4 Å². The molecule has 24 heavy (non-hydrogen) atoms. The van der Waals surface area contributed by atoms with Crippen LogP contribution >= 0.6 is 11.3 Å². The van der Waals surface area contributed by atoms with Gasteiger partial charge in [-0.2, -0.15) is 0 Å². The van der Waals surface area contributed by atoms with Crippen LogP contribution in [0.5, 0.6) is 5.75 Å². The number of anilines is 1. The number of nitrogens with two attached hydrogens (primary N) is 1. The molecule has 2 aromatic heterocycles. The second kappa shape index (κ2) is 5.89. The summed E-state index contributed by atoms with van der Waals surface area (Å²) in [6.07, 6.45) is 0.920. The molecule has 2 N–H and O–H groups in total. The molecule has 0 radical (unpaired) electrons. The van der Waals surface area contributed by atoms with Crippen molar-refractivity contribution >= 4 is 33.2 Å². The van der Waals surface area contributed by atoms with Crippen LogP contribution in [0.3, 0.4) is 0 Å². The molecule has 0 aliphatic carbocycles. The van der Waals surface area contributed by atoms with E-state index in [1.807, 2.05) is 18.2 Å². The number of esters is 1. The molecular formula is C18H17N3O2S. The summed E-state index contributed by atoms with van der Waals surface area (Å²) in [5.74, 6) is 0.0741. The number of aromatic nitrogens is 1. The minimum absolute atomic E-state index is 0.414. The lowest BCUT2D eigenvalue weighted by Crippen LogP contribution is -2.27. The van der Waals surface area contributed by atoms with Crippen molar-refractivity contribution in [1.29, 1.82) is 0 Å². The van der Waals surface area contributed by atoms with Gasteiger partial charge in [-0.05, 0) is 30.8 Å². The minimum Gasteiger partial charge on any atom is -0.422 e. The zero-order chi connectivity index (χ0) is 16.7. The topological polar surface area (TPSA) is 68.5 Å². The van der Waals surface area contributed by atoms with Crippen LogP contribution in [0.15, 0.2) is 36.4 Å². The summed E-state index contributed by atoms with van der Waals surface area (Å²) in [7, 11) is 2.09. The second-order valence-electron chi connectivity index (χ2n) is 5.98. The maximum absolute atomic E-state index is 12.5. The smallest absolute Gasteiger partial charge is 0.355 e. The van der Waals surface area contributed by atoms with Gasteiger partial charge in [-0.25, -0.2) is 9.78 Å². The maximum atomic E-state index is 12.5. The Hall–Kier alpha value is -2.44. The third-order valence-electron chi connectivity index (χ3n) is 4.20. The Morgan fingerprint density at radius 2 is 2.12 bits per heavy atom. The Morgan fingerprint density at radius 3 is 2.92 bits per heavy atom. The molecule has 0 fully saturated rings. The number of benzene rings is 1. The fraction of sp³-hybridized carbons (Fsp3) is 0.222. The molecular weight excluding hydrogens is 322 g/mol. The lowest BCUT2D eigenvalue weighted by Gasteiger charge is -2.23. The van der Waals surface area contributed by atoms with Crippen molar-refractivity contribution in [2.45, 2.75) is 13.0 Å². The number of pyridine rings is 1. The van der Waals surface area contributed by atoms with E-state index in [2.05, 4.69) is 18.0 Å². The minimum atomic E-state index is -0.434. The molecule has 3 aromatic rings. The second-order valence-corrected chi connectivity index (χ2v) is 6.98. The van der Waals surface area contributed by atoms with Crippen molar-refractivity contribution in [3.8, 4) is 5.75 Å². The van der Waals surface area contributed by atoms with Crippen LogP contribution in [0.4, 0.5) is 5.69 Å². The number of likely N-dealkylation sites (N-methyl/N-ethyl adjacent to an activating group) is 1. The number of para-hydroxylation sites is 1. The van der Waals surface area contributed by atoms with Gasteiger partial charge < -0.3 is 15.4 Å². The van der Waals surface area contributed by atoms with E-state index >= 15 is 0 Å². The first kappa shape index (κ1) is 15.1. The number of nitrogens with zero attached hydrogens (tertiary/aromatic N) is 2. The molecule has 0 spiro atoms. The summed E-state index contributed by atoms with van der Waals surface area (Å²) in [5, 5.41) is 0.842. The van der Waals surface area contributed by atoms with Gasteiger partial charge in [-0.1, -0.05) is 18.2 Å². The standard InChI is InChI=1S/C18H17N3O2S/c1-21-8-7-14-11(10-21)9-13-15(19)16(24-17(13)20-14)18(22)23-12-5-3-2-4-6-12/h2-6,9H,7-8,10,19H2,1H3. The molecule has 1 aliphatic heterocycles. The summed E-state index contributed by atoms with van der Waals surface area (Å²) >= 11 is 1.30. The first-order chi connectivity index (χ1) is 11.6. The van der Waals surface area contributed by atoms with Gasteiger partial charge in [0.05, 0.1) is 5.69 Å². The molecule has 0 unspecified atom stereocenters. The quantitative estimate of drug-likeness (QED) is 0.574. The van der Waals surface area contributed by atoms with E-state index < -0.39 is 5.97 Å². The zero-order valence-electron chi connectivity index (χ0n) is 13.3.